The van der Waals surface area contributed by atoms with Crippen LogP contribution >= 0.6 is 0 Å². The van der Waals surface area contributed by atoms with Crippen LogP contribution in [-0.4, -0.2) is 42.5 Å². The van der Waals surface area contributed by atoms with E-state index in [-0.39, 0.29) is 24.3 Å². The van der Waals surface area contributed by atoms with Crippen molar-refractivity contribution >= 4 is 17.9 Å². The molecule has 1 aliphatic carbocycles. The van der Waals surface area contributed by atoms with Crippen molar-refractivity contribution in [1.82, 2.24) is 10.2 Å². The first-order valence-corrected chi connectivity index (χ1v) is 6.86. The molecule has 1 aliphatic heterocycles. The monoisotopic (exact) mass is 288 g/mol. The molecule has 1 saturated heterocycles. The van der Waals surface area contributed by atoms with Crippen LogP contribution in [0.1, 0.15) is 17.9 Å². The van der Waals surface area contributed by atoms with Gasteiger partial charge in [-0.3, -0.25) is 9.69 Å². The van der Waals surface area contributed by atoms with E-state index < -0.39 is 18.0 Å². The fourth-order valence-electron chi connectivity index (χ4n) is 2.74. The molecule has 1 aromatic carbocycles. The van der Waals surface area contributed by atoms with Crippen LogP contribution < -0.4 is 5.32 Å². The number of nitrogens with zero attached hydrogens (tertiary/aromatic N) is 1. The van der Waals surface area contributed by atoms with E-state index in [0.29, 0.717) is 0 Å². The molecule has 6 heteroatoms. The van der Waals surface area contributed by atoms with Crippen molar-refractivity contribution in [2.24, 2.45) is 5.92 Å². The second-order valence-electron chi connectivity index (χ2n) is 5.33. The summed E-state index contributed by atoms with van der Waals surface area (Å²) in [7, 11) is 1.26. The Hall–Kier alpha value is -2.37. The minimum Gasteiger partial charge on any atom is -0.467 e. The zero-order valence-corrected chi connectivity index (χ0v) is 11.6. The van der Waals surface area contributed by atoms with Crippen LogP contribution in [0.25, 0.3) is 0 Å². The number of esters is 1. The number of nitrogens with one attached hydrogen (secondary N) is 1. The minimum absolute atomic E-state index is 0.0440. The van der Waals surface area contributed by atoms with Crippen LogP contribution in [0.2, 0.25) is 0 Å². The number of rotatable bonds is 3. The quantitative estimate of drug-likeness (QED) is 0.838. The van der Waals surface area contributed by atoms with E-state index in [9.17, 15) is 14.4 Å². The lowest BCUT2D eigenvalue weighted by atomic mass is 10.1. The molecule has 1 N–H and O–H groups in total. The van der Waals surface area contributed by atoms with Gasteiger partial charge in [-0.2, -0.15) is 0 Å². The van der Waals surface area contributed by atoms with E-state index >= 15 is 0 Å². The zero-order chi connectivity index (χ0) is 15.0. The van der Waals surface area contributed by atoms with Crippen molar-refractivity contribution in [3.63, 3.8) is 0 Å². The van der Waals surface area contributed by atoms with Gasteiger partial charge in [-0.1, -0.05) is 30.3 Å². The fraction of sp³-hybridized carbons (Fsp3) is 0.400. The molecule has 110 valence electrons. The highest BCUT2D eigenvalue weighted by atomic mass is 16.5. The number of amides is 3. The van der Waals surface area contributed by atoms with E-state index in [1.165, 1.54) is 7.11 Å². The molecule has 2 aliphatic rings. The van der Waals surface area contributed by atoms with Gasteiger partial charge in [-0.05, 0) is 17.9 Å². The maximum absolute atomic E-state index is 12.4. The summed E-state index contributed by atoms with van der Waals surface area (Å²) in [6.07, 6.45) is 0.746. The second kappa shape index (κ2) is 5.20. The predicted molar refractivity (Wildman–Crippen MR) is 73.3 cm³/mol. The van der Waals surface area contributed by atoms with Crippen molar-refractivity contribution in [3.8, 4) is 0 Å². The van der Waals surface area contributed by atoms with Gasteiger partial charge in [-0.25, -0.2) is 9.59 Å². The Labute approximate surface area is 122 Å². The molecule has 0 radical (unpaired) electrons. The molecule has 0 bridgehead atoms. The summed E-state index contributed by atoms with van der Waals surface area (Å²) in [6.45, 7) is 0.0440. The highest BCUT2D eigenvalue weighted by Crippen LogP contribution is 2.48. The Morgan fingerprint density at radius 1 is 1.29 bits per heavy atom. The number of carbonyl (C=O) groups excluding carboxylic acids is 3. The maximum atomic E-state index is 12.4. The third kappa shape index (κ3) is 2.49. The van der Waals surface area contributed by atoms with E-state index in [1.54, 1.807) is 0 Å². The molecule has 1 aromatic rings. The van der Waals surface area contributed by atoms with Gasteiger partial charge in [0.05, 0.1) is 13.7 Å². The summed E-state index contributed by atoms with van der Waals surface area (Å²) in [5.74, 6) is -0.750. The van der Waals surface area contributed by atoms with Crippen molar-refractivity contribution < 1.29 is 19.1 Å². The molecular weight excluding hydrogens is 272 g/mol. The normalized spacial score (nSPS) is 27.2. The molecular formula is C15H16N2O4. The summed E-state index contributed by atoms with van der Waals surface area (Å²) in [5.41, 5.74) is 1.11. The Kier molecular flexibility index (Phi) is 3.37. The van der Waals surface area contributed by atoms with Gasteiger partial charge in [0.25, 0.3) is 0 Å². The SMILES string of the molecule is COC(=O)[C@@H]1CN(C(=O)[C@H]2C[C@@H]2c2ccccc2)C(=O)N1. The van der Waals surface area contributed by atoms with Crippen LogP contribution in [0, 0.1) is 5.92 Å². The van der Waals surface area contributed by atoms with Crippen LogP contribution in [0.5, 0.6) is 0 Å². The van der Waals surface area contributed by atoms with Crippen LogP contribution in [0.3, 0.4) is 0 Å². The number of hydrogen-bond acceptors (Lipinski definition) is 4. The molecule has 21 heavy (non-hydrogen) atoms. The van der Waals surface area contributed by atoms with E-state index in [2.05, 4.69) is 10.1 Å². The Balaban J connectivity index is 1.65. The Morgan fingerprint density at radius 3 is 2.67 bits per heavy atom. The molecule has 0 aromatic heterocycles. The third-order valence-electron chi connectivity index (χ3n) is 4.00. The molecule has 0 spiro atoms. The van der Waals surface area contributed by atoms with Crippen molar-refractivity contribution in [2.45, 2.75) is 18.4 Å². The topological polar surface area (TPSA) is 75.7 Å². The van der Waals surface area contributed by atoms with Crippen LogP contribution in [0.4, 0.5) is 4.79 Å². The number of methoxy groups -OCH3 is 1. The van der Waals surface area contributed by atoms with Gasteiger partial charge in [0, 0.05) is 5.92 Å². The number of benzene rings is 1. The maximum Gasteiger partial charge on any atom is 0.330 e. The van der Waals surface area contributed by atoms with Gasteiger partial charge in [0.1, 0.15) is 6.04 Å². The Bertz CT molecular complexity index is 587. The minimum atomic E-state index is -0.764. The largest absolute Gasteiger partial charge is 0.467 e. The number of urea groups is 1. The average Bonchev–Trinajstić information content (AvgIpc) is 3.22. The van der Waals surface area contributed by atoms with Gasteiger partial charge in [0.15, 0.2) is 0 Å². The standard InChI is InChI=1S/C15H16N2O4/c1-21-14(19)12-8-17(15(20)16-12)13(18)11-7-10(11)9-5-3-2-4-6-9/h2-6,10-12H,7-8H2,1H3,(H,16,20)/t10-,11+,12+/m1/s1. The third-order valence-corrected chi connectivity index (χ3v) is 4.00. The summed E-state index contributed by atoms with van der Waals surface area (Å²) < 4.78 is 4.59. The second-order valence-corrected chi connectivity index (χ2v) is 5.33. The number of hydrogen-bond donors (Lipinski definition) is 1. The molecule has 6 nitrogen and oxygen atoms in total. The lowest BCUT2D eigenvalue weighted by Crippen LogP contribution is -2.35. The van der Waals surface area contributed by atoms with Crippen LogP contribution in [0.15, 0.2) is 30.3 Å². The first-order valence-electron chi connectivity index (χ1n) is 6.86. The molecule has 1 saturated carbocycles. The van der Waals surface area contributed by atoms with Gasteiger partial charge >= 0.3 is 12.0 Å². The van der Waals surface area contributed by atoms with E-state index in [0.717, 1.165) is 16.9 Å². The summed E-state index contributed by atoms with van der Waals surface area (Å²) >= 11 is 0. The molecule has 3 amide bonds. The van der Waals surface area contributed by atoms with Crippen LogP contribution in [-0.2, 0) is 14.3 Å². The molecule has 1 heterocycles. The van der Waals surface area contributed by atoms with Crippen molar-refractivity contribution in [1.29, 1.82) is 0 Å². The Morgan fingerprint density at radius 2 is 2.00 bits per heavy atom. The summed E-state index contributed by atoms with van der Waals surface area (Å²) in [6, 6.07) is 8.49. The summed E-state index contributed by atoms with van der Waals surface area (Å²) in [5, 5.41) is 2.46. The molecule has 2 fully saturated rings. The zero-order valence-electron chi connectivity index (χ0n) is 11.6. The molecule has 3 atom stereocenters. The highest BCUT2D eigenvalue weighted by molar-refractivity contribution is 6.01. The first-order chi connectivity index (χ1) is 10.1. The predicted octanol–water partition coefficient (Wildman–Crippen LogP) is 0.883. The van der Waals surface area contributed by atoms with Gasteiger partial charge in [0.2, 0.25) is 5.91 Å². The van der Waals surface area contributed by atoms with E-state index in [4.69, 9.17) is 0 Å². The molecule has 3 rings (SSSR count). The number of imide groups is 1. The highest BCUT2D eigenvalue weighted by Gasteiger charge is 2.49. The summed E-state index contributed by atoms with van der Waals surface area (Å²) in [4.78, 5) is 36.7. The smallest absolute Gasteiger partial charge is 0.330 e. The lowest BCUT2D eigenvalue weighted by molar-refractivity contribution is -0.142. The van der Waals surface area contributed by atoms with Gasteiger partial charge < -0.3 is 10.1 Å². The van der Waals surface area contributed by atoms with Crippen molar-refractivity contribution in [3.05, 3.63) is 35.9 Å². The fourth-order valence-corrected chi connectivity index (χ4v) is 2.74. The van der Waals surface area contributed by atoms with E-state index in [1.807, 2.05) is 30.3 Å². The number of carbonyl (C=O) groups is 3. The number of ether oxygens (including phenoxy) is 1. The van der Waals surface area contributed by atoms with Crippen molar-refractivity contribution in [2.75, 3.05) is 13.7 Å². The molecule has 0 unspecified atom stereocenters. The average molecular weight is 288 g/mol. The van der Waals surface area contributed by atoms with Gasteiger partial charge in [-0.15, -0.1) is 0 Å². The lowest BCUT2D eigenvalue weighted by Gasteiger charge is -2.12. The first kappa shape index (κ1) is 13.6.